The SMILES string of the molecule is C[C@@H]1C[C@H](C(=O)O)CCN1C(=O)OCC1c2ccccc2-c2ccccc21.C[C@H]1C[C@@H](C(=O)O)CCN1C(=O)OCC1c2ccccc2-c2ccccc21. The van der Waals surface area contributed by atoms with Crippen molar-refractivity contribution in [2.75, 3.05) is 26.3 Å². The number of hydrogen-bond acceptors (Lipinski definition) is 6. The summed E-state index contributed by atoms with van der Waals surface area (Å²) in [6, 6.07) is 32.7. The van der Waals surface area contributed by atoms with E-state index in [4.69, 9.17) is 9.47 Å². The van der Waals surface area contributed by atoms with Crippen LogP contribution >= 0.6 is 0 Å². The van der Waals surface area contributed by atoms with Crippen LogP contribution in [0.3, 0.4) is 0 Å². The van der Waals surface area contributed by atoms with E-state index < -0.39 is 11.9 Å². The number of carboxylic acids is 2. The van der Waals surface area contributed by atoms with E-state index in [-0.39, 0.29) is 47.9 Å². The van der Waals surface area contributed by atoms with Crippen LogP contribution in [-0.4, -0.2) is 82.5 Å². The third-order valence-electron chi connectivity index (χ3n) is 11.6. The van der Waals surface area contributed by atoms with Gasteiger partial charge in [-0.05, 0) is 84.0 Å². The first-order chi connectivity index (χ1) is 26.1. The monoisotopic (exact) mass is 730 g/mol. The molecule has 4 aromatic rings. The van der Waals surface area contributed by atoms with Crippen LogP contribution < -0.4 is 0 Å². The van der Waals surface area contributed by atoms with Crippen molar-refractivity contribution in [1.82, 2.24) is 9.80 Å². The van der Waals surface area contributed by atoms with Gasteiger partial charge in [-0.3, -0.25) is 9.59 Å². The fourth-order valence-electron chi connectivity index (χ4n) is 8.69. The minimum absolute atomic E-state index is 0.0354. The fraction of sp³-hybridized carbons (Fsp3) is 0.364. The van der Waals surface area contributed by atoms with E-state index in [2.05, 4.69) is 48.5 Å². The van der Waals surface area contributed by atoms with Gasteiger partial charge in [0.25, 0.3) is 0 Å². The lowest BCUT2D eigenvalue weighted by molar-refractivity contribution is -0.144. The molecule has 10 heteroatoms. The molecule has 0 bridgehead atoms. The normalized spacial score (nSPS) is 21.4. The van der Waals surface area contributed by atoms with Gasteiger partial charge in [0.1, 0.15) is 13.2 Å². The number of carbonyl (C=O) groups excluding carboxylic acids is 2. The predicted molar refractivity (Wildman–Crippen MR) is 203 cm³/mol. The van der Waals surface area contributed by atoms with Crippen LogP contribution in [0.15, 0.2) is 97.1 Å². The second kappa shape index (κ2) is 15.8. The van der Waals surface area contributed by atoms with Crippen molar-refractivity contribution in [2.45, 2.75) is 63.5 Å². The van der Waals surface area contributed by atoms with Crippen molar-refractivity contribution in [2.24, 2.45) is 11.8 Å². The van der Waals surface area contributed by atoms with Crippen molar-refractivity contribution in [3.8, 4) is 22.3 Å². The van der Waals surface area contributed by atoms with Crippen molar-refractivity contribution >= 4 is 24.1 Å². The first kappa shape index (κ1) is 36.7. The first-order valence-corrected chi connectivity index (χ1v) is 18.8. The first-order valence-electron chi connectivity index (χ1n) is 18.8. The number of rotatable bonds is 6. The maximum atomic E-state index is 12.6. The molecule has 4 atom stereocenters. The Morgan fingerprint density at radius 2 is 0.833 bits per heavy atom. The topological polar surface area (TPSA) is 134 Å². The molecule has 54 heavy (non-hydrogen) atoms. The van der Waals surface area contributed by atoms with Crippen molar-refractivity contribution < 1.29 is 38.9 Å². The minimum atomic E-state index is -0.783. The van der Waals surface area contributed by atoms with Gasteiger partial charge in [0.2, 0.25) is 0 Å². The zero-order valence-corrected chi connectivity index (χ0v) is 30.6. The van der Waals surface area contributed by atoms with Crippen LogP contribution in [-0.2, 0) is 19.1 Å². The average Bonchev–Trinajstić information content (AvgIpc) is 3.68. The molecular weight excluding hydrogens is 684 g/mol. The van der Waals surface area contributed by atoms with E-state index >= 15 is 0 Å². The standard InChI is InChI=1S/2C22H23NO4/c2*1-14-12-15(21(24)25)10-11-23(14)22(26)27-13-20-18-8-4-2-6-16(18)17-7-3-5-9-19(17)20/h2*2-9,14-15,20H,10-13H2,1H3,(H,24,25)/t2*14-,15-/m10/s1. The summed E-state index contributed by atoms with van der Waals surface area (Å²) < 4.78 is 11.4. The molecule has 2 fully saturated rings. The number of piperidine rings is 2. The summed E-state index contributed by atoms with van der Waals surface area (Å²) in [4.78, 5) is 50.9. The highest BCUT2D eigenvalue weighted by molar-refractivity contribution is 5.80. The van der Waals surface area contributed by atoms with Crippen LogP contribution in [0.5, 0.6) is 0 Å². The number of carboxylic acid groups (broad SMARTS) is 2. The number of hydrogen-bond donors (Lipinski definition) is 2. The summed E-state index contributed by atoms with van der Waals surface area (Å²) in [5.41, 5.74) is 9.53. The summed E-state index contributed by atoms with van der Waals surface area (Å²) in [6.07, 6.45) is 1.19. The largest absolute Gasteiger partial charge is 0.481 e. The summed E-state index contributed by atoms with van der Waals surface area (Å²) >= 11 is 0. The maximum absolute atomic E-state index is 12.6. The van der Waals surface area contributed by atoms with E-state index in [9.17, 15) is 29.4 Å². The van der Waals surface area contributed by atoms with Crippen molar-refractivity contribution in [1.29, 1.82) is 0 Å². The highest BCUT2D eigenvalue weighted by Crippen LogP contribution is 2.46. The Balaban J connectivity index is 0.000000167. The van der Waals surface area contributed by atoms with Gasteiger partial charge < -0.3 is 29.5 Å². The Kier molecular flexibility index (Phi) is 10.7. The number of amides is 2. The number of aliphatic carboxylic acids is 2. The van der Waals surface area contributed by atoms with Gasteiger partial charge in [-0.2, -0.15) is 0 Å². The van der Waals surface area contributed by atoms with E-state index in [0.29, 0.717) is 52.0 Å². The Morgan fingerprint density at radius 1 is 0.537 bits per heavy atom. The lowest BCUT2D eigenvalue weighted by atomic mass is 9.92. The van der Waals surface area contributed by atoms with E-state index in [0.717, 1.165) is 0 Å². The van der Waals surface area contributed by atoms with Crippen LogP contribution in [0.4, 0.5) is 9.59 Å². The van der Waals surface area contributed by atoms with Crippen LogP contribution in [0.25, 0.3) is 22.3 Å². The summed E-state index contributed by atoms with van der Waals surface area (Å²) in [7, 11) is 0. The maximum Gasteiger partial charge on any atom is 0.410 e. The molecular formula is C44H46N2O8. The van der Waals surface area contributed by atoms with Gasteiger partial charge in [-0.15, -0.1) is 0 Å². The minimum Gasteiger partial charge on any atom is -0.481 e. The molecule has 0 radical (unpaired) electrons. The third-order valence-corrected chi connectivity index (χ3v) is 11.6. The number of fused-ring (bicyclic) bond motifs is 6. The molecule has 4 aromatic carbocycles. The summed E-state index contributed by atoms with van der Waals surface area (Å²) in [6.45, 7) is 5.20. The van der Waals surface area contributed by atoms with Crippen LogP contribution in [0.2, 0.25) is 0 Å². The summed E-state index contributed by atoms with van der Waals surface area (Å²) in [5, 5.41) is 18.4. The van der Waals surface area contributed by atoms with Crippen LogP contribution in [0.1, 0.15) is 73.6 Å². The Labute approximate surface area is 315 Å². The second-order valence-corrected chi connectivity index (χ2v) is 14.8. The fourth-order valence-corrected chi connectivity index (χ4v) is 8.69. The zero-order chi connectivity index (χ0) is 37.9. The quantitative estimate of drug-likeness (QED) is 0.203. The number of benzene rings is 4. The lowest BCUT2D eigenvalue weighted by Crippen LogP contribution is -2.46. The molecule has 2 aliphatic heterocycles. The molecule has 2 saturated heterocycles. The highest BCUT2D eigenvalue weighted by atomic mass is 16.6. The average molecular weight is 731 g/mol. The molecule has 2 aliphatic carbocycles. The van der Waals surface area contributed by atoms with Gasteiger partial charge in [0, 0.05) is 37.0 Å². The lowest BCUT2D eigenvalue weighted by Gasteiger charge is -2.35. The summed E-state index contributed by atoms with van der Waals surface area (Å²) in [5.74, 6) is -2.25. The molecule has 10 nitrogen and oxygen atoms in total. The van der Waals surface area contributed by atoms with Gasteiger partial charge in [0.05, 0.1) is 11.8 Å². The molecule has 8 rings (SSSR count). The van der Waals surface area contributed by atoms with Crippen molar-refractivity contribution in [3.05, 3.63) is 119 Å². The molecule has 0 saturated carbocycles. The molecule has 0 aromatic heterocycles. The van der Waals surface area contributed by atoms with Crippen molar-refractivity contribution in [3.63, 3.8) is 0 Å². The Morgan fingerprint density at radius 3 is 1.11 bits per heavy atom. The van der Waals surface area contributed by atoms with E-state index in [1.165, 1.54) is 44.5 Å². The molecule has 0 spiro atoms. The van der Waals surface area contributed by atoms with Gasteiger partial charge in [0.15, 0.2) is 0 Å². The third kappa shape index (κ3) is 7.29. The van der Waals surface area contributed by atoms with Crippen LogP contribution in [0, 0.1) is 11.8 Å². The van der Waals surface area contributed by atoms with E-state index in [1.807, 2.05) is 62.4 Å². The van der Waals surface area contributed by atoms with Gasteiger partial charge in [-0.1, -0.05) is 97.1 Å². The smallest absolute Gasteiger partial charge is 0.410 e. The Hall–Kier alpha value is -5.64. The number of ether oxygens (including phenoxy) is 2. The zero-order valence-electron chi connectivity index (χ0n) is 30.6. The highest BCUT2D eigenvalue weighted by Gasteiger charge is 2.36. The second-order valence-electron chi connectivity index (χ2n) is 14.8. The molecule has 4 aliphatic rings. The molecule has 2 amide bonds. The molecule has 2 heterocycles. The molecule has 280 valence electrons. The molecule has 0 unspecified atom stereocenters. The number of nitrogens with zero attached hydrogens (tertiary/aromatic N) is 2. The number of carbonyl (C=O) groups is 4. The van der Waals surface area contributed by atoms with Gasteiger partial charge >= 0.3 is 24.1 Å². The predicted octanol–water partition coefficient (Wildman–Crippen LogP) is 8.24. The molecule has 2 N–H and O–H groups in total. The van der Waals surface area contributed by atoms with Gasteiger partial charge in [-0.25, -0.2) is 9.59 Å². The Bertz CT molecular complexity index is 1810. The van der Waals surface area contributed by atoms with E-state index in [1.54, 1.807) is 9.80 Å². The number of likely N-dealkylation sites (tertiary alicyclic amines) is 2.